The van der Waals surface area contributed by atoms with Gasteiger partial charge in [0.1, 0.15) is 5.76 Å². The third-order valence-corrected chi connectivity index (χ3v) is 6.01. The highest BCUT2D eigenvalue weighted by Crippen LogP contribution is 2.41. The smallest absolute Gasteiger partial charge is 0.230 e. The first-order valence-electron chi connectivity index (χ1n) is 9.49. The van der Waals surface area contributed by atoms with Gasteiger partial charge in [-0.3, -0.25) is 4.79 Å². The Morgan fingerprint density at radius 1 is 1.28 bits per heavy atom. The predicted octanol–water partition coefficient (Wildman–Crippen LogP) is 1.80. The van der Waals surface area contributed by atoms with E-state index in [1.807, 2.05) is 12.1 Å². The van der Waals surface area contributed by atoms with Gasteiger partial charge in [0, 0.05) is 39.5 Å². The second kappa shape index (κ2) is 7.48. The van der Waals surface area contributed by atoms with Crippen LogP contribution in [0.5, 0.6) is 0 Å². The molecule has 0 spiro atoms. The van der Waals surface area contributed by atoms with Crippen LogP contribution in [0.4, 0.5) is 0 Å². The Kier molecular flexibility index (Phi) is 5.10. The maximum atomic E-state index is 13.1. The number of hydrogen-bond donors (Lipinski definition) is 1. The van der Waals surface area contributed by atoms with Gasteiger partial charge < -0.3 is 24.1 Å². The van der Waals surface area contributed by atoms with Gasteiger partial charge in [0.25, 0.3) is 0 Å². The van der Waals surface area contributed by atoms with Crippen molar-refractivity contribution in [3.8, 4) is 0 Å². The average molecular weight is 348 g/mol. The number of carbonyl (C=O) groups is 1. The quantitative estimate of drug-likeness (QED) is 0.879. The van der Waals surface area contributed by atoms with Crippen molar-refractivity contribution in [1.29, 1.82) is 0 Å². The zero-order valence-corrected chi connectivity index (χ0v) is 14.7. The monoisotopic (exact) mass is 348 g/mol. The fourth-order valence-corrected chi connectivity index (χ4v) is 4.56. The van der Waals surface area contributed by atoms with Crippen LogP contribution in [0.1, 0.15) is 31.4 Å². The van der Waals surface area contributed by atoms with Gasteiger partial charge in [-0.05, 0) is 43.7 Å². The molecule has 2 atom stereocenters. The molecule has 6 nitrogen and oxygen atoms in total. The van der Waals surface area contributed by atoms with Gasteiger partial charge in [-0.25, -0.2) is 0 Å². The molecule has 0 radical (unpaired) electrons. The standard InChI is InChI=1S/C19H28N2O4/c22-18(20-12-16-2-1-8-24-16)19-6-11-25-17(19)3-7-21(14-19)13-15-4-9-23-10-5-15/h1-2,8,15,17H,3-7,9-14H2,(H,20,22)/t17-,19-/m1/s1. The molecule has 25 heavy (non-hydrogen) atoms. The lowest BCUT2D eigenvalue weighted by atomic mass is 9.75. The van der Waals surface area contributed by atoms with Crippen LogP contribution in [0.2, 0.25) is 0 Å². The number of fused-ring (bicyclic) bond motifs is 1. The van der Waals surface area contributed by atoms with Crippen molar-refractivity contribution in [3.63, 3.8) is 0 Å². The normalized spacial score (nSPS) is 31.0. The number of amides is 1. The number of nitrogens with zero attached hydrogens (tertiary/aromatic N) is 1. The van der Waals surface area contributed by atoms with Crippen molar-refractivity contribution in [3.05, 3.63) is 24.2 Å². The van der Waals surface area contributed by atoms with Gasteiger partial charge in [-0.1, -0.05) is 0 Å². The molecule has 0 bridgehead atoms. The Morgan fingerprint density at radius 3 is 2.96 bits per heavy atom. The summed E-state index contributed by atoms with van der Waals surface area (Å²) in [6.45, 7) is 5.78. The molecule has 4 rings (SSSR count). The van der Waals surface area contributed by atoms with Crippen LogP contribution in [0.15, 0.2) is 22.8 Å². The van der Waals surface area contributed by atoms with Crippen molar-refractivity contribution >= 4 is 5.91 Å². The van der Waals surface area contributed by atoms with Gasteiger partial charge in [0.15, 0.2) is 0 Å². The molecule has 0 unspecified atom stereocenters. The topological polar surface area (TPSA) is 63.9 Å². The predicted molar refractivity (Wildman–Crippen MR) is 91.9 cm³/mol. The summed E-state index contributed by atoms with van der Waals surface area (Å²) in [4.78, 5) is 15.5. The van der Waals surface area contributed by atoms with E-state index < -0.39 is 5.41 Å². The van der Waals surface area contributed by atoms with Crippen molar-refractivity contribution < 1.29 is 18.7 Å². The van der Waals surface area contributed by atoms with E-state index in [-0.39, 0.29) is 12.0 Å². The molecular formula is C19H28N2O4. The second-order valence-electron chi connectivity index (χ2n) is 7.61. The highest BCUT2D eigenvalue weighted by molar-refractivity contribution is 5.84. The number of nitrogens with one attached hydrogen (secondary N) is 1. The van der Waals surface area contributed by atoms with E-state index in [1.165, 1.54) is 0 Å². The van der Waals surface area contributed by atoms with E-state index in [4.69, 9.17) is 13.9 Å². The lowest BCUT2D eigenvalue weighted by Gasteiger charge is -2.43. The molecule has 0 aliphatic carbocycles. The molecule has 1 aromatic rings. The number of ether oxygens (including phenoxy) is 2. The first kappa shape index (κ1) is 17.1. The Bertz CT molecular complexity index is 570. The zero-order chi connectivity index (χ0) is 17.1. The minimum atomic E-state index is -0.407. The largest absolute Gasteiger partial charge is 0.467 e. The summed E-state index contributed by atoms with van der Waals surface area (Å²) in [7, 11) is 0. The molecule has 4 heterocycles. The summed E-state index contributed by atoms with van der Waals surface area (Å²) in [5.41, 5.74) is -0.407. The molecule has 3 aliphatic rings. The van der Waals surface area contributed by atoms with Crippen molar-refractivity contribution in [2.75, 3.05) is 39.5 Å². The summed E-state index contributed by atoms with van der Waals surface area (Å²) in [5, 5.41) is 3.08. The number of rotatable bonds is 5. The van der Waals surface area contributed by atoms with E-state index in [0.29, 0.717) is 19.1 Å². The van der Waals surface area contributed by atoms with E-state index in [2.05, 4.69) is 10.2 Å². The third kappa shape index (κ3) is 3.61. The van der Waals surface area contributed by atoms with E-state index >= 15 is 0 Å². The lowest BCUT2D eigenvalue weighted by molar-refractivity contribution is -0.140. The number of carbonyl (C=O) groups excluding carboxylic acids is 1. The van der Waals surface area contributed by atoms with Crippen molar-refractivity contribution in [1.82, 2.24) is 10.2 Å². The number of hydrogen-bond acceptors (Lipinski definition) is 5. The van der Waals surface area contributed by atoms with Gasteiger partial charge in [0.2, 0.25) is 5.91 Å². The summed E-state index contributed by atoms with van der Waals surface area (Å²) < 4.78 is 16.7. The molecule has 6 heteroatoms. The van der Waals surface area contributed by atoms with Crippen LogP contribution >= 0.6 is 0 Å². The minimum absolute atomic E-state index is 0.0510. The van der Waals surface area contributed by atoms with Crippen molar-refractivity contribution in [2.45, 2.75) is 38.3 Å². The highest BCUT2D eigenvalue weighted by Gasteiger charge is 2.53. The second-order valence-corrected chi connectivity index (χ2v) is 7.61. The lowest BCUT2D eigenvalue weighted by Crippen LogP contribution is -2.57. The fourth-order valence-electron chi connectivity index (χ4n) is 4.56. The Balaban J connectivity index is 1.40. The Labute approximate surface area is 148 Å². The van der Waals surface area contributed by atoms with Gasteiger partial charge in [-0.15, -0.1) is 0 Å². The van der Waals surface area contributed by atoms with Crippen LogP contribution in [0.3, 0.4) is 0 Å². The molecule has 138 valence electrons. The van der Waals surface area contributed by atoms with Crippen LogP contribution < -0.4 is 5.32 Å². The highest BCUT2D eigenvalue weighted by atomic mass is 16.5. The Morgan fingerprint density at radius 2 is 2.16 bits per heavy atom. The maximum absolute atomic E-state index is 13.1. The van der Waals surface area contributed by atoms with Crippen LogP contribution in [-0.4, -0.2) is 56.4 Å². The van der Waals surface area contributed by atoms with Gasteiger partial charge in [0.05, 0.1) is 24.3 Å². The SMILES string of the molecule is O=C(NCc1ccco1)[C@@]12CCO[C@@H]1CCN(CC1CCOCC1)C2. The summed E-state index contributed by atoms with van der Waals surface area (Å²) in [5.74, 6) is 1.59. The van der Waals surface area contributed by atoms with Crippen LogP contribution in [0, 0.1) is 11.3 Å². The molecular weight excluding hydrogens is 320 g/mol. The molecule has 3 fully saturated rings. The number of furan rings is 1. The molecule has 3 saturated heterocycles. The molecule has 0 aromatic carbocycles. The van der Waals surface area contributed by atoms with Gasteiger partial charge in [-0.2, -0.15) is 0 Å². The third-order valence-electron chi connectivity index (χ3n) is 6.01. The number of likely N-dealkylation sites (tertiary alicyclic amines) is 1. The fraction of sp³-hybridized carbons (Fsp3) is 0.737. The van der Waals surface area contributed by atoms with E-state index in [1.54, 1.807) is 6.26 Å². The van der Waals surface area contributed by atoms with Crippen LogP contribution in [0.25, 0.3) is 0 Å². The Hall–Kier alpha value is -1.37. The summed E-state index contributed by atoms with van der Waals surface area (Å²) in [6.07, 6.45) is 5.71. The molecule has 1 N–H and O–H groups in total. The minimum Gasteiger partial charge on any atom is -0.467 e. The molecule has 1 amide bonds. The first-order chi connectivity index (χ1) is 12.3. The van der Waals surface area contributed by atoms with E-state index in [0.717, 1.165) is 64.3 Å². The summed E-state index contributed by atoms with van der Waals surface area (Å²) >= 11 is 0. The van der Waals surface area contributed by atoms with Gasteiger partial charge >= 0.3 is 0 Å². The van der Waals surface area contributed by atoms with Crippen LogP contribution in [-0.2, 0) is 20.8 Å². The van der Waals surface area contributed by atoms with Crippen molar-refractivity contribution in [2.24, 2.45) is 11.3 Å². The average Bonchev–Trinajstić information content (AvgIpc) is 3.30. The molecule has 0 saturated carbocycles. The summed E-state index contributed by atoms with van der Waals surface area (Å²) in [6, 6.07) is 3.73. The molecule has 3 aliphatic heterocycles. The maximum Gasteiger partial charge on any atom is 0.230 e. The number of piperidine rings is 1. The molecule has 1 aromatic heterocycles. The first-order valence-corrected chi connectivity index (χ1v) is 9.49. The van der Waals surface area contributed by atoms with E-state index in [9.17, 15) is 4.79 Å². The zero-order valence-electron chi connectivity index (χ0n) is 14.7.